The molecule has 2 aromatic rings. The fourth-order valence-corrected chi connectivity index (χ4v) is 5.73. The zero-order valence-electron chi connectivity index (χ0n) is 27.9. The number of hydrogen-bond donors (Lipinski definition) is 2. The van der Waals surface area contributed by atoms with Crippen molar-refractivity contribution in [3.05, 3.63) is 53.7 Å². The first-order chi connectivity index (χ1) is 22.6. The molecule has 3 unspecified atom stereocenters. The topological polar surface area (TPSA) is 169 Å². The van der Waals surface area contributed by atoms with Gasteiger partial charge in [0.15, 0.2) is 17.0 Å². The number of amides is 3. The molecule has 0 saturated heterocycles. The zero-order chi connectivity index (χ0) is 37.2. The Hall–Kier alpha value is -5.41. The number of halogens is 3. The van der Waals surface area contributed by atoms with Gasteiger partial charge in [-0.15, -0.1) is 0 Å². The van der Waals surface area contributed by atoms with Crippen LogP contribution in [0.3, 0.4) is 0 Å². The van der Waals surface area contributed by atoms with Crippen LogP contribution in [0.25, 0.3) is 5.70 Å². The predicted molar refractivity (Wildman–Crippen MR) is 165 cm³/mol. The maximum Gasteiger partial charge on any atom is 0.417 e. The van der Waals surface area contributed by atoms with Crippen molar-refractivity contribution in [2.45, 2.75) is 79.2 Å². The third kappa shape index (κ3) is 7.68. The Morgan fingerprint density at radius 3 is 1.78 bits per heavy atom. The number of nitrogens with one attached hydrogen (secondary N) is 1. The number of carbonyl (C=O) groups is 6. The summed E-state index contributed by atoms with van der Waals surface area (Å²) in [7, 11) is 0. The maximum absolute atomic E-state index is 15.6. The molecule has 1 aliphatic rings. The van der Waals surface area contributed by atoms with Gasteiger partial charge in [0.25, 0.3) is 5.91 Å². The second kappa shape index (κ2) is 14.4. The van der Waals surface area contributed by atoms with E-state index in [-0.39, 0.29) is 5.56 Å². The highest BCUT2D eigenvalue weighted by Gasteiger charge is 2.64. The summed E-state index contributed by atoms with van der Waals surface area (Å²) >= 11 is 0. The molecular formula is C33H36F3N3O10. The lowest BCUT2D eigenvalue weighted by molar-refractivity contribution is -0.217. The van der Waals surface area contributed by atoms with Crippen molar-refractivity contribution in [3.63, 3.8) is 0 Å². The van der Waals surface area contributed by atoms with Gasteiger partial charge in [-0.2, -0.15) is 13.2 Å². The van der Waals surface area contributed by atoms with Gasteiger partial charge >= 0.3 is 24.1 Å². The van der Waals surface area contributed by atoms with Gasteiger partial charge in [0, 0.05) is 51.9 Å². The molecule has 0 aliphatic carbocycles. The second-order valence-electron chi connectivity index (χ2n) is 11.6. The molecule has 3 atom stereocenters. The summed E-state index contributed by atoms with van der Waals surface area (Å²) in [6.07, 6.45) is -4.28. The van der Waals surface area contributed by atoms with Crippen LogP contribution in [0.15, 0.2) is 42.6 Å². The number of esters is 3. The molecule has 0 radical (unpaired) electrons. The largest absolute Gasteiger partial charge is 0.508 e. The summed E-state index contributed by atoms with van der Waals surface area (Å²) in [5.41, 5.74) is -4.91. The lowest BCUT2D eigenvalue weighted by atomic mass is 9.79. The summed E-state index contributed by atoms with van der Waals surface area (Å²) in [5, 5.41) is 12.7. The third-order valence-corrected chi connectivity index (χ3v) is 7.54. The number of phenols is 1. The minimum Gasteiger partial charge on any atom is -0.508 e. The fraction of sp³-hybridized carbons (Fsp3) is 0.394. The summed E-state index contributed by atoms with van der Waals surface area (Å²) in [5.74, 6) is -8.74. The average Bonchev–Trinajstić information content (AvgIpc) is 2.95. The van der Waals surface area contributed by atoms with Gasteiger partial charge in [0.05, 0.1) is 11.7 Å². The molecule has 264 valence electrons. The number of phenolic OH excluding ortho intramolecular Hbond substituents is 1. The van der Waals surface area contributed by atoms with E-state index in [4.69, 9.17) is 14.2 Å². The monoisotopic (exact) mass is 691 g/mol. The van der Waals surface area contributed by atoms with Crippen molar-refractivity contribution in [3.8, 4) is 23.0 Å². The minimum absolute atomic E-state index is 0.242. The van der Waals surface area contributed by atoms with E-state index in [0.29, 0.717) is 4.90 Å². The van der Waals surface area contributed by atoms with Gasteiger partial charge in [0.1, 0.15) is 11.8 Å². The number of nitrogens with zero attached hydrogens (tertiary/aromatic N) is 2. The molecule has 0 bridgehead atoms. The molecule has 1 aliphatic heterocycles. The molecule has 3 rings (SSSR count). The maximum atomic E-state index is 15.6. The normalized spacial score (nSPS) is 16.7. The Balaban J connectivity index is 2.55. The number of ether oxygens (including phenoxy) is 3. The Labute approximate surface area is 279 Å². The number of aromatic hydroxyl groups is 1. The van der Waals surface area contributed by atoms with Gasteiger partial charge in [-0.05, 0) is 31.0 Å². The first kappa shape index (κ1) is 38.0. The molecule has 1 heterocycles. The summed E-state index contributed by atoms with van der Waals surface area (Å²) < 4.78 is 62.4. The van der Waals surface area contributed by atoms with E-state index in [9.17, 15) is 33.9 Å². The van der Waals surface area contributed by atoms with Crippen LogP contribution >= 0.6 is 0 Å². The van der Waals surface area contributed by atoms with Crippen LogP contribution in [0, 0.1) is 5.92 Å². The van der Waals surface area contributed by atoms with E-state index in [1.807, 2.05) is 5.32 Å². The van der Waals surface area contributed by atoms with Crippen LogP contribution in [-0.4, -0.2) is 68.8 Å². The first-order valence-corrected chi connectivity index (χ1v) is 14.8. The Kier molecular flexibility index (Phi) is 11.2. The first-order valence-electron chi connectivity index (χ1n) is 14.8. The lowest BCUT2D eigenvalue weighted by Gasteiger charge is -2.50. The van der Waals surface area contributed by atoms with Crippen LogP contribution < -0.4 is 19.5 Å². The molecule has 0 spiro atoms. The van der Waals surface area contributed by atoms with E-state index in [1.54, 1.807) is 13.8 Å². The Morgan fingerprint density at radius 1 is 0.857 bits per heavy atom. The summed E-state index contributed by atoms with van der Waals surface area (Å²) in [6, 6.07) is 3.02. The molecule has 16 heteroatoms. The number of para-hydroxylation sites is 1. The number of carbonyl (C=O) groups excluding carboxylic acids is 6. The van der Waals surface area contributed by atoms with Crippen molar-refractivity contribution in [2.24, 2.45) is 5.92 Å². The van der Waals surface area contributed by atoms with Crippen LogP contribution in [0.4, 0.5) is 13.2 Å². The Bertz CT molecular complexity index is 1680. The molecular weight excluding hydrogens is 655 g/mol. The van der Waals surface area contributed by atoms with Crippen molar-refractivity contribution < 1.29 is 61.3 Å². The molecule has 3 amide bonds. The fourth-order valence-electron chi connectivity index (χ4n) is 5.73. The quantitative estimate of drug-likeness (QED) is 0.288. The van der Waals surface area contributed by atoms with E-state index < -0.39 is 99.6 Å². The molecule has 0 saturated carbocycles. The molecule has 2 aromatic carbocycles. The van der Waals surface area contributed by atoms with Crippen LogP contribution in [0.2, 0.25) is 0 Å². The number of hydrogen-bond acceptors (Lipinski definition) is 10. The van der Waals surface area contributed by atoms with Crippen LogP contribution in [0.5, 0.6) is 23.0 Å². The van der Waals surface area contributed by atoms with E-state index in [1.165, 1.54) is 12.1 Å². The lowest BCUT2D eigenvalue weighted by Crippen LogP contribution is -2.68. The number of alkyl halides is 3. The highest BCUT2D eigenvalue weighted by Crippen LogP contribution is 2.50. The second-order valence-corrected chi connectivity index (χ2v) is 11.6. The molecule has 0 fully saturated rings. The Morgan fingerprint density at radius 2 is 1.37 bits per heavy atom. The predicted octanol–water partition coefficient (Wildman–Crippen LogP) is 4.16. The van der Waals surface area contributed by atoms with Crippen molar-refractivity contribution in [1.29, 1.82) is 0 Å². The van der Waals surface area contributed by atoms with Gasteiger partial charge in [-0.1, -0.05) is 32.0 Å². The zero-order valence-corrected chi connectivity index (χ0v) is 27.9. The van der Waals surface area contributed by atoms with E-state index in [2.05, 4.69) is 0 Å². The smallest absolute Gasteiger partial charge is 0.417 e. The van der Waals surface area contributed by atoms with Crippen LogP contribution in [-0.2, 0) is 34.3 Å². The van der Waals surface area contributed by atoms with Gasteiger partial charge < -0.3 is 34.4 Å². The standard InChI is InChI=1S/C33H36F3N3O10/c1-16(2)29-31(46)39(17(3)32(33(34,35)36,37-18(4)40)24-11-9-10-12-26(24)45)25(15-38(29)19(5)41)23-13-27(47-20(6)42)30(49-22(8)44)28(14-23)48-21(7)43/h9-17,29,45H,1-8H3,(H,37,40). The molecule has 0 aromatic heterocycles. The summed E-state index contributed by atoms with van der Waals surface area (Å²) in [6.45, 7) is 9.10. The van der Waals surface area contributed by atoms with Gasteiger partial charge in [0.2, 0.25) is 17.6 Å². The highest BCUT2D eigenvalue weighted by molar-refractivity contribution is 5.98. The highest BCUT2D eigenvalue weighted by atomic mass is 19.4. The van der Waals surface area contributed by atoms with Crippen molar-refractivity contribution >= 4 is 41.3 Å². The minimum atomic E-state index is -5.38. The van der Waals surface area contributed by atoms with Gasteiger partial charge in [-0.25, -0.2) is 0 Å². The molecule has 49 heavy (non-hydrogen) atoms. The molecule has 2 N–H and O–H groups in total. The SMILES string of the molecule is CC(=O)NC(c1ccccc1O)(C(C)N1C(=O)C(C(C)C)N(C(C)=O)C=C1c1cc(OC(C)=O)c(OC(C)=O)c(OC(C)=O)c1)C(F)(F)F. The van der Waals surface area contributed by atoms with Crippen molar-refractivity contribution in [2.75, 3.05) is 0 Å². The van der Waals surface area contributed by atoms with Crippen molar-refractivity contribution in [1.82, 2.24) is 15.1 Å². The van der Waals surface area contributed by atoms with Gasteiger partial charge in [-0.3, -0.25) is 28.8 Å². The number of benzene rings is 2. The van der Waals surface area contributed by atoms with Crippen LogP contribution in [0.1, 0.15) is 66.5 Å². The number of rotatable bonds is 9. The van der Waals surface area contributed by atoms with E-state index >= 15 is 13.2 Å². The molecule has 13 nitrogen and oxygen atoms in total. The van der Waals surface area contributed by atoms with E-state index in [0.717, 1.165) is 76.9 Å². The summed E-state index contributed by atoms with van der Waals surface area (Å²) in [4.78, 5) is 77.9. The average molecular weight is 692 g/mol. The third-order valence-electron chi connectivity index (χ3n) is 7.54.